The minimum absolute atomic E-state index is 0.000687. The number of aliphatic hydroxyl groups is 8. The number of cyclic esters (lactones) is 1. The van der Waals surface area contributed by atoms with E-state index in [0.717, 1.165) is 50.5 Å². The van der Waals surface area contributed by atoms with Crippen molar-refractivity contribution in [1.29, 1.82) is 0 Å². The van der Waals surface area contributed by atoms with Crippen LogP contribution in [0.4, 0.5) is 0 Å². The van der Waals surface area contributed by atoms with E-state index in [2.05, 4.69) is 13.8 Å². The lowest BCUT2D eigenvalue weighted by Gasteiger charge is -2.63. The Morgan fingerprint density at radius 2 is 1.33 bits per heavy atom. The zero-order chi connectivity index (χ0) is 49.5. The van der Waals surface area contributed by atoms with E-state index in [1.54, 1.807) is 13.8 Å². The highest BCUT2D eigenvalue weighted by atomic mass is 16.8. The van der Waals surface area contributed by atoms with Crippen LogP contribution in [0.25, 0.3) is 0 Å². The SMILES string of the molecule is CC(=O)O[C@@H]1C[C@H](O[C@@H]2[C@H](O)C[C@@H](O[C@@H]3[C@H](O)C[C@@H](O[C@@H]4CC[C@@]5(C)[C@H](CC[C@H]6[C@@H]5CC[C@@]5(C)[C@H](C7=CC(=O)OC7)[C@@H](O)C[C@]65O)C4)O[C@@H]3C)O[C@@H]2C)O[C@H](C)[C@H]1O[C@H]1O[C@@H](CO)[C@H](O)[C@@H](O)[C@@H]1O. The number of aliphatic hydroxyl groups excluding tert-OH is 7. The molecule has 20 heteroatoms. The van der Waals surface area contributed by atoms with Crippen molar-refractivity contribution in [2.45, 2.75) is 234 Å². The number of carbonyl (C=O) groups is 2. The molecule has 0 aromatic rings. The molecule has 0 radical (unpaired) electrons. The number of carbonyl (C=O) groups excluding carboxylic acids is 2. The molecular formula is C49H76O20. The van der Waals surface area contributed by atoms with E-state index in [4.69, 9.17) is 47.4 Å². The Hall–Kier alpha value is -1.96. The Kier molecular flexibility index (Phi) is 15.1. The van der Waals surface area contributed by atoms with Crippen LogP contribution in [0.5, 0.6) is 0 Å². The maximum atomic E-state index is 12.6. The quantitative estimate of drug-likeness (QED) is 0.104. The molecule has 5 aliphatic heterocycles. The molecule has 8 fully saturated rings. The highest BCUT2D eigenvalue weighted by molar-refractivity contribution is 5.85. The van der Waals surface area contributed by atoms with Crippen molar-refractivity contribution in [1.82, 2.24) is 0 Å². The van der Waals surface area contributed by atoms with Gasteiger partial charge in [-0.1, -0.05) is 13.8 Å². The maximum absolute atomic E-state index is 12.6. The zero-order valence-electron chi connectivity index (χ0n) is 40.5. The highest BCUT2D eigenvalue weighted by Gasteiger charge is 2.70. The lowest BCUT2D eigenvalue weighted by atomic mass is 9.43. The van der Waals surface area contributed by atoms with E-state index >= 15 is 0 Å². The number of hydrogen-bond acceptors (Lipinski definition) is 20. The number of esters is 2. The van der Waals surface area contributed by atoms with Crippen LogP contribution in [-0.4, -0.2) is 188 Å². The molecule has 0 amide bonds. The molecule has 26 atom stereocenters. The summed E-state index contributed by atoms with van der Waals surface area (Å²) in [5, 5.41) is 87.5. The molecule has 5 heterocycles. The minimum atomic E-state index is -1.68. The summed E-state index contributed by atoms with van der Waals surface area (Å²) in [5.41, 5.74) is -0.809. The van der Waals surface area contributed by atoms with E-state index in [-0.39, 0.29) is 55.2 Å². The van der Waals surface area contributed by atoms with Crippen LogP contribution in [0.1, 0.15) is 112 Å². The summed E-state index contributed by atoms with van der Waals surface area (Å²) in [7, 11) is 0. The summed E-state index contributed by atoms with van der Waals surface area (Å²) in [4.78, 5) is 24.2. The lowest BCUT2D eigenvalue weighted by Crippen LogP contribution is -2.62. The van der Waals surface area contributed by atoms with Crippen molar-refractivity contribution < 1.29 is 97.8 Å². The third kappa shape index (κ3) is 9.59. The van der Waals surface area contributed by atoms with E-state index in [9.17, 15) is 50.4 Å². The lowest BCUT2D eigenvalue weighted by molar-refractivity contribution is -0.355. The predicted molar refractivity (Wildman–Crippen MR) is 235 cm³/mol. The molecule has 4 saturated heterocycles. The fraction of sp³-hybridized carbons (Fsp3) is 0.918. The fourth-order valence-corrected chi connectivity index (χ4v) is 14.7. The summed E-state index contributed by atoms with van der Waals surface area (Å²) in [5.74, 6) is -0.609. The van der Waals surface area contributed by atoms with Gasteiger partial charge in [0, 0.05) is 50.0 Å². The molecule has 20 nitrogen and oxygen atoms in total. The van der Waals surface area contributed by atoms with Crippen LogP contribution >= 0.6 is 0 Å². The van der Waals surface area contributed by atoms with Gasteiger partial charge in [0.1, 0.15) is 55.4 Å². The number of ether oxygens (including phenoxy) is 10. The fourth-order valence-electron chi connectivity index (χ4n) is 14.7. The van der Waals surface area contributed by atoms with Gasteiger partial charge in [-0.25, -0.2) is 4.79 Å². The average Bonchev–Trinajstić information content (AvgIpc) is 3.79. The molecule has 4 aliphatic carbocycles. The summed E-state index contributed by atoms with van der Waals surface area (Å²) in [6.45, 7) is 10.4. The van der Waals surface area contributed by atoms with E-state index < -0.39 is 134 Å². The molecule has 392 valence electrons. The van der Waals surface area contributed by atoms with Crippen molar-refractivity contribution in [3.8, 4) is 0 Å². The summed E-state index contributed by atoms with van der Waals surface area (Å²) in [6, 6.07) is 0. The van der Waals surface area contributed by atoms with Crippen LogP contribution in [0.2, 0.25) is 0 Å². The summed E-state index contributed by atoms with van der Waals surface area (Å²) < 4.78 is 60.1. The van der Waals surface area contributed by atoms with Crippen LogP contribution in [0, 0.1) is 34.5 Å². The molecule has 9 aliphatic rings. The Labute approximate surface area is 402 Å². The van der Waals surface area contributed by atoms with Crippen molar-refractivity contribution in [3.63, 3.8) is 0 Å². The Morgan fingerprint density at radius 3 is 1.93 bits per heavy atom. The monoisotopic (exact) mass is 984 g/mol. The molecule has 69 heavy (non-hydrogen) atoms. The van der Waals surface area contributed by atoms with Crippen molar-refractivity contribution in [2.75, 3.05) is 13.2 Å². The van der Waals surface area contributed by atoms with Crippen LogP contribution in [0.15, 0.2) is 11.6 Å². The van der Waals surface area contributed by atoms with Gasteiger partial charge in [0.2, 0.25) is 0 Å². The summed E-state index contributed by atoms with van der Waals surface area (Å²) in [6.07, 6.45) is -10.8. The topological polar surface area (TPSA) is 288 Å². The van der Waals surface area contributed by atoms with Crippen molar-refractivity contribution >= 4 is 11.9 Å². The Bertz CT molecular complexity index is 1850. The molecule has 8 N–H and O–H groups in total. The standard InChI is InChI=1S/C49H76O20/c1-21-43(67-37-16-31(53)44(22(2)62-37)68-38-17-33(64-24(4)51)45(23(3)63-38)69-46-42(58)41(57)40(56)34(19-50)66-46)30(52)15-36(61-21)65-27-9-11-47(5)26(14-27)7-8-29-28(47)10-12-48(6)39(25-13-35(55)60-20-25)32(54)18-49(29,48)59/h13,21-23,26-34,36-46,50,52-54,56-59H,7-12,14-20H2,1-6H3/t21-,22-,23-,26-,27-,28+,29+,30-,31-,32+,33-,34+,36-,37-,38+,39-,40+,41-,42+,43+,44+,45-,46-,47+,48+,49+/m1/s1. The van der Waals surface area contributed by atoms with Crippen molar-refractivity contribution in [2.24, 2.45) is 34.5 Å². The normalized spacial score (nSPS) is 53.3. The van der Waals surface area contributed by atoms with Gasteiger partial charge < -0.3 is 88.2 Å². The van der Waals surface area contributed by atoms with E-state index in [1.807, 2.05) is 6.92 Å². The van der Waals surface area contributed by atoms with Crippen LogP contribution in [-0.2, 0) is 57.0 Å². The van der Waals surface area contributed by atoms with Gasteiger partial charge in [0.05, 0.1) is 54.9 Å². The van der Waals surface area contributed by atoms with Gasteiger partial charge in [-0.15, -0.1) is 0 Å². The van der Waals surface area contributed by atoms with Crippen molar-refractivity contribution in [3.05, 3.63) is 11.6 Å². The molecule has 9 rings (SSSR count). The van der Waals surface area contributed by atoms with Crippen LogP contribution < -0.4 is 0 Å². The van der Waals surface area contributed by atoms with Gasteiger partial charge in [-0.05, 0) is 94.5 Å². The second-order valence-electron chi connectivity index (χ2n) is 22.3. The zero-order valence-corrected chi connectivity index (χ0v) is 40.5. The van der Waals surface area contributed by atoms with Crippen LogP contribution in [0.3, 0.4) is 0 Å². The summed E-state index contributed by atoms with van der Waals surface area (Å²) >= 11 is 0. The molecule has 0 aromatic carbocycles. The van der Waals surface area contributed by atoms with Gasteiger partial charge in [-0.3, -0.25) is 4.79 Å². The molecule has 0 bridgehead atoms. The second-order valence-corrected chi connectivity index (χ2v) is 22.3. The molecule has 0 unspecified atom stereocenters. The smallest absolute Gasteiger partial charge is 0.331 e. The third-order valence-corrected chi connectivity index (χ3v) is 18.2. The number of fused-ring (bicyclic) bond motifs is 5. The molecule has 0 spiro atoms. The van der Waals surface area contributed by atoms with Gasteiger partial charge in [0.15, 0.2) is 25.2 Å². The first-order chi connectivity index (χ1) is 32.6. The Morgan fingerprint density at radius 1 is 0.710 bits per heavy atom. The van der Waals surface area contributed by atoms with E-state index in [0.29, 0.717) is 18.3 Å². The number of rotatable bonds is 11. The average molecular weight is 985 g/mol. The third-order valence-electron chi connectivity index (χ3n) is 18.2. The highest BCUT2D eigenvalue weighted by Crippen LogP contribution is 2.70. The second kappa shape index (κ2) is 20.0. The maximum Gasteiger partial charge on any atom is 0.331 e. The van der Waals surface area contributed by atoms with Gasteiger partial charge in [0.25, 0.3) is 0 Å². The first kappa shape index (κ1) is 51.9. The Balaban J connectivity index is 0.749. The van der Waals surface area contributed by atoms with Gasteiger partial charge in [-0.2, -0.15) is 0 Å². The molecular weight excluding hydrogens is 909 g/mol. The predicted octanol–water partition coefficient (Wildman–Crippen LogP) is 0.613. The number of hydrogen-bond donors (Lipinski definition) is 8. The molecule has 0 aromatic heterocycles. The molecule has 4 saturated carbocycles. The minimum Gasteiger partial charge on any atom is -0.459 e. The largest absolute Gasteiger partial charge is 0.459 e. The van der Waals surface area contributed by atoms with E-state index in [1.165, 1.54) is 13.0 Å². The first-order valence-electron chi connectivity index (χ1n) is 25.3. The first-order valence-corrected chi connectivity index (χ1v) is 25.3. The van der Waals surface area contributed by atoms with Gasteiger partial charge >= 0.3 is 11.9 Å².